The van der Waals surface area contributed by atoms with Crippen LogP contribution in [0.25, 0.3) is 0 Å². The lowest BCUT2D eigenvalue weighted by molar-refractivity contribution is -0.156. The third-order valence-corrected chi connectivity index (χ3v) is 9.07. The van der Waals surface area contributed by atoms with Gasteiger partial charge in [-0.2, -0.15) is 0 Å². The molecule has 3 saturated heterocycles. The van der Waals surface area contributed by atoms with Crippen molar-refractivity contribution in [3.8, 4) is 0 Å². The highest BCUT2D eigenvalue weighted by molar-refractivity contribution is 5.98. The van der Waals surface area contributed by atoms with Gasteiger partial charge in [0.2, 0.25) is 11.8 Å². The second-order valence-electron chi connectivity index (χ2n) is 11.2. The van der Waals surface area contributed by atoms with E-state index < -0.39 is 41.6 Å². The van der Waals surface area contributed by atoms with E-state index in [1.807, 2.05) is 35.2 Å². The molecule has 38 heavy (non-hydrogen) atoms. The molecule has 1 aromatic carbocycles. The van der Waals surface area contributed by atoms with Crippen molar-refractivity contribution >= 4 is 17.8 Å². The Morgan fingerprint density at radius 2 is 1.97 bits per heavy atom. The minimum absolute atomic E-state index is 0.0720. The van der Waals surface area contributed by atoms with E-state index in [-0.39, 0.29) is 31.1 Å². The molecule has 5 rings (SSSR count). The lowest BCUT2D eigenvalue weighted by Crippen LogP contribution is -2.60. The fourth-order valence-corrected chi connectivity index (χ4v) is 7.51. The van der Waals surface area contributed by atoms with Crippen LogP contribution < -0.4 is 0 Å². The Kier molecular flexibility index (Phi) is 7.91. The van der Waals surface area contributed by atoms with Crippen LogP contribution >= 0.6 is 0 Å². The average molecular weight is 525 g/mol. The zero-order valence-corrected chi connectivity index (χ0v) is 22.3. The molecule has 1 spiro atoms. The first kappa shape index (κ1) is 26.9. The summed E-state index contributed by atoms with van der Waals surface area (Å²) in [7, 11) is 0. The molecule has 8 heteroatoms. The number of nitrogens with zero attached hydrogens (tertiary/aromatic N) is 2. The maximum Gasteiger partial charge on any atom is 0.312 e. The van der Waals surface area contributed by atoms with Crippen molar-refractivity contribution in [3.63, 3.8) is 0 Å². The Morgan fingerprint density at radius 1 is 1.24 bits per heavy atom. The summed E-state index contributed by atoms with van der Waals surface area (Å²) < 4.78 is 11.9. The van der Waals surface area contributed by atoms with Gasteiger partial charge in [0.05, 0.1) is 37.2 Å². The Balaban J connectivity index is 1.56. The fourth-order valence-electron chi connectivity index (χ4n) is 7.51. The van der Waals surface area contributed by atoms with Gasteiger partial charge in [0, 0.05) is 12.6 Å². The lowest BCUT2D eigenvalue weighted by Gasteiger charge is -2.42. The third-order valence-electron chi connectivity index (χ3n) is 9.07. The Bertz CT molecular complexity index is 1040. The van der Waals surface area contributed by atoms with E-state index in [9.17, 15) is 19.5 Å². The second kappa shape index (κ2) is 11.2. The highest BCUT2D eigenvalue weighted by Gasteiger charge is 2.75. The molecule has 206 valence electrons. The quantitative estimate of drug-likeness (QED) is 0.374. The smallest absolute Gasteiger partial charge is 0.312 e. The highest BCUT2D eigenvalue weighted by atomic mass is 16.6. The van der Waals surface area contributed by atoms with Crippen molar-refractivity contribution in [2.24, 2.45) is 11.8 Å². The number of aliphatic hydroxyl groups is 1. The zero-order valence-electron chi connectivity index (χ0n) is 22.3. The molecule has 0 aromatic heterocycles. The maximum atomic E-state index is 14.6. The fraction of sp³-hybridized carbons (Fsp3) is 0.633. The molecule has 2 bridgehead atoms. The molecule has 6 atom stereocenters. The van der Waals surface area contributed by atoms with Crippen molar-refractivity contribution in [2.45, 2.75) is 88.1 Å². The van der Waals surface area contributed by atoms with E-state index in [0.717, 1.165) is 37.7 Å². The number of benzene rings is 1. The largest absolute Gasteiger partial charge is 0.466 e. The van der Waals surface area contributed by atoms with Crippen LogP contribution in [0.15, 0.2) is 43.0 Å². The maximum absolute atomic E-state index is 14.6. The first-order chi connectivity index (χ1) is 18.5. The number of carbonyl (C=O) groups excluding carboxylic acids is 3. The first-order valence-corrected chi connectivity index (χ1v) is 14.2. The van der Waals surface area contributed by atoms with Crippen LogP contribution in [0.3, 0.4) is 0 Å². The summed E-state index contributed by atoms with van der Waals surface area (Å²) in [6.07, 6.45) is 7.92. The summed E-state index contributed by atoms with van der Waals surface area (Å²) in [6.45, 7) is 5.95. The summed E-state index contributed by atoms with van der Waals surface area (Å²) in [4.78, 5) is 45.4. The minimum atomic E-state index is -1.10. The monoisotopic (exact) mass is 524 g/mol. The second-order valence-corrected chi connectivity index (χ2v) is 11.2. The summed E-state index contributed by atoms with van der Waals surface area (Å²) in [5, 5.41) is 10.6. The van der Waals surface area contributed by atoms with Crippen LogP contribution in [0.2, 0.25) is 0 Å². The Morgan fingerprint density at radius 3 is 2.63 bits per heavy atom. The van der Waals surface area contributed by atoms with Crippen LogP contribution in [-0.2, 0) is 30.3 Å². The number of ether oxygens (including phenoxy) is 2. The molecule has 1 N–H and O–H groups in total. The molecular formula is C30H40N2O6. The molecule has 1 saturated carbocycles. The number of amides is 2. The van der Waals surface area contributed by atoms with Crippen molar-refractivity contribution in [1.82, 2.24) is 9.80 Å². The lowest BCUT2D eigenvalue weighted by atomic mass is 9.70. The molecule has 4 aliphatic rings. The van der Waals surface area contributed by atoms with Gasteiger partial charge < -0.3 is 24.4 Å². The van der Waals surface area contributed by atoms with Gasteiger partial charge in [-0.3, -0.25) is 14.4 Å². The van der Waals surface area contributed by atoms with Crippen LogP contribution in [-0.4, -0.2) is 82.3 Å². The highest BCUT2D eigenvalue weighted by Crippen LogP contribution is 2.59. The number of likely N-dealkylation sites (tertiary alicyclic amines) is 1. The first-order valence-electron chi connectivity index (χ1n) is 14.2. The van der Waals surface area contributed by atoms with E-state index in [0.29, 0.717) is 25.8 Å². The Hall–Kier alpha value is -2.71. The van der Waals surface area contributed by atoms with Crippen LogP contribution in [0, 0.1) is 11.8 Å². The molecule has 1 aliphatic carbocycles. The summed E-state index contributed by atoms with van der Waals surface area (Å²) in [5.41, 5.74) is -0.142. The van der Waals surface area contributed by atoms with E-state index in [4.69, 9.17) is 9.47 Å². The third kappa shape index (κ3) is 4.45. The molecule has 8 nitrogen and oxygen atoms in total. The minimum Gasteiger partial charge on any atom is -0.466 e. The standard InChI is InChI=1S/C30H40N2O6/c1-3-17-31(21-13-9-6-10-14-21)28(35)26-30-16-15-23(38-30)24(29(36)37-4-2)25(30)27(34)32(26)22(19-33)18-20-11-7-5-8-12-20/h3,5,7-8,11-12,21-26,33H,1,4,6,9-10,13-19H2,2H3/t22-,23-,24+,25+,26?,30?/m1/s1. The Labute approximate surface area is 225 Å². The number of hydrogen-bond acceptors (Lipinski definition) is 6. The number of fused-ring (bicyclic) bond motifs is 1. The van der Waals surface area contributed by atoms with Crippen molar-refractivity contribution in [1.29, 1.82) is 0 Å². The van der Waals surface area contributed by atoms with Gasteiger partial charge in [-0.15, -0.1) is 6.58 Å². The van der Waals surface area contributed by atoms with E-state index in [1.165, 1.54) is 0 Å². The normalized spacial score (nSPS) is 31.2. The molecule has 1 aromatic rings. The van der Waals surface area contributed by atoms with Gasteiger partial charge >= 0.3 is 5.97 Å². The van der Waals surface area contributed by atoms with Gasteiger partial charge in [0.25, 0.3) is 0 Å². The number of aliphatic hydroxyl groups excluding tert-OH is 1. The molecular weight excluding hydrogens is 484 g/mol. The molecule has 2 amide bonds. The van der Waals surface area contributed by atoms with Gasteiger partial charge in [-0.25, -0.2) is 0 Å². The average Bonchev–Trinajstić information content (AvgIpc) is 3.58. The van der Waals surface area contributed by atoms with Gasteiger partial charge in [0.15, 0.2) is 0 Å². The number of hydrogen-bond donors (Lipinski definition) is 1. The van der Waals surface area contributed by atoms with Crippen molar-refractivity contribution in [3.05, 3.63) is 48.6 Å². The van der Waals surface area contributed by atoms with Crippen molar-refractivity contribution in [2.75, 3.05) is 19.8 Å². The predicted molar refractivity (Wildman–Crippen MR) is 141 cm³/mol. The van der Waals surface area contributed by atoms with Crippen LogP contribution in [0.5, 0.6) is 0 Å². The number of rotatable bonds is 10. The SMILES string of the molecule is C=CCN(C(=O)C1N([C@@H](CO)Cc2ccccc2)C(=O)[C@@H]2[C@@H](C(=O)OCC)[C@H]3CCC12O3)C1CCCCC1. The number of carbonyl (C=O) groups is 3. The van der Waals surface area contributed by atoms with Gasteiger partial charge in [-0.05, 0) is 44.6 Å². The topological polar surface area (TPSA) is 96.4 Å². The molecule has 0 radical (unpaired) electrons. The van der Waals surface area contributed by atoms with E-state index >= 15 is 0 Å². The van der Waals surface area contributed by atoms with Crippen LogP contribution in [0.4, 0.5) is 0 Å². The van der Waals surface area contributed by atoms with Crippen molar-refractivity contribution < 1.29 is 29.0 Å². The molecule has 3 heterocycles. The summed E-state index contributed by atoms with van der Waals surface area (Å²) in [5.74, 6) is -2.43. The van der Waals surface area contributed by atoms with Gasteiger partial charge in [0.1, 0.15) is 11.6 Å². The van der Waals surface area contributed by atoms with Crippen LogP contribution in [0.1, 0.15) is 57.4 Å². The van der Waals surface area contributed by atoms with E-state index in [1.54, 1.807) is 17.9 Å². The molecule has 3 aliphatic heterocycles. The summed E-state index contributed by atoms with van der Waals surface area (Å²) in [6, 6.07) is 8.20. The van der Waals surface area contributed by atoms with E-state index in [2.05, 4.69) is 6.58 Å². The predicted octanol–water partition coefficient (Wildman–Crippen LogP) is 2.88. The van der Waals surface area contributed by atoms with Gasteiger partial charge in [-0.1, -0.05) is 55.7 Å². The molecule has 2 unspecified atom stereocenters. The zero-order chi connectivity index (χ0) is 26.9. The molecule has 4 fully saturated rings. The summed E-state index contributed by atoms with van der Waals surface area (Å²) >= 11 is 0. The number of esters is 1.